The van der Waals surface area contributed by atoms with Gasteiger partial charge < -0.3 is 0 Å². The predicted octanol–water partition coefficient (Wildman–Crippen LogP) is 7.84. The Labute approximate surface area is 196 Å². The molecule has 0 saturated carbocycles. The van der Waals surface area contributed by atoms with E-state index in [1.807, 2.05) is 18.2 Å². The van der Waals surface area contributed by atoms with Gasteiger partial charge >= 0.3 is 198 Å². The molecule has 28 heavy (non-hydrogen) atoms. The van der Waals surface area contributed by atoms with Crippen molar-refractivity contribution < 1.29 is 4.42 Å². The van der Waals surface area contributed by atoms with E-state index in [0.29, 0.717) is 0 Å². The van der Waals surface area contributed by atoms with Crippen molar-refractivity contribution in [3.05, 3.63) is 42.5 Å². The fraction of sp³-hybridized carbons (Fsp3) is 0.500. The van der Waals surface area contributed by atoms with Crippen LogP contribution in [0.4, 0.5) is 0 Å². The number of hydrogen-bond donors (Lipinski definition) is 0. The summed E-state index contributed by atoms with van der Waals surface area (Å²) in [6, 6.07) is 14.5. The van der Waals surface area contributed by atoms with Gasteiger partial charge in [0.15, 0.2) is 0 Å². The fourth-order valence-electron chi connectivity index (χ4n) is 3.23. The molecule has 0 aliphatic carbocycles. The van der Waals surface area contributed by atoms with Gasteiger partial charge in [-0.2, -0.15) is 0 Å². The van der Waals surface area contributed by atoms with Crippen molar-refractivity contribution in [2.24, 2.45) is 0 Å². The molecule has 4 heteroatoms. The Kier molecular flexibility index (Phi) is 12.3. The number of furan rings is 1. The molecule has 0 amide bonds. The number of thiophene rings is 1. The van der Waals surface area contributed by atoms with Crippen LogP contribution in [-0.2, 0) is 0 Å². The summed E-state index contributed by atoms with van der Waals surface area (Å²) in [5, 5.41) is 1.17. The molecule has 0 aliphatic rings. The van der Waals surface area contributed by atoms with Crippen LogP contribution in [-0.4, -0.2) is 42.3 Å². The van der Waals surface area contributed by atoms with Crippen LogP contribution in [0.2, 0.25) is 13.3 Å². The second-order valence-electron chi connectivity index (χ2n) is 7.37. The molecule has 4 radical (unpaired) electrons. The third-order valence-corrected chi connectivity index (χ3v) is 16.3. The monoisotopic (exact) mass is 610 g/mol. The van der Waals surface area contributed by atoms with E-state index in [9.17, 15) is 0 Å². The van der Waals surface area contributed by atoms with Crippen LogP contribution in [0.15, 0.2) is 46.9 Å². The topological polar surface area (TPSA) is 13.1 Å². The molecule has 1 aromatic carbocycles. The van der Waals surface area contributed by atoms with Gasteiger partial charge in [-0.1, -0.05) is 0 Å². The van der Waals surface area contributed by atoms with Crippen molar-refractivity contribution in [3.8, 4) is 10.6 Å². The van der Waals surface area contributed by atoms with Gasteiger partial charge in [0.25, 0.3) is 0 Å². The zero-order chi connectivity index (χ0) is 20.2. The van der Waals surface area contributed by atoms with Gasteiger partial charge in [0.1, 0.15) is 0 Å². The van der Waals surface area contributed by atoms with E-state index in [-0.39, 0.29) is 0 Å². The van der Waals surface area contributed by atoms with Crippen molar-refractivity contribution in [1.29, 1.82) is 0 Å². The first-order chi connectivity index (χ1) is 13.7. The van der Waals surface area contributed by atoms with Gasteiger partial charge in [0.05, 0.1) is 0 Å². The van der Waals surface area contributed by atoms with Crippen LogP contribution in [0, 0.1) is 0 Å². The second kappa shape index (κ2) is 14.1. The normalized spacial score (nSPS) is 11.0. The Morgan fingerprint density at radius 2 is 1.46 bits per heavy atom. The average Bonchev–Trinajstić information content (AvgIpc) is 3.34. The second-order valence-corrected chi connectivity index (χ2v) is 19.6. The van der Waals surface area contributed by atoms with E-state index >= 15 is 0 Å². The summed E-state index contributed by atoms with van der Waals surface area (Å²) in [7, 11) is 0. The number of benzene rings is 1. The van der Waals surface area contributed by atoms with E-state index in [0.717, 1.165) is 11.3 Å². The zero-order valence-corrected chi connectivity index (χ0v) is 24.2. The number of unbranched alkanes of at least 4 members (excludes halogenated alkanes) is 3. The fourth-order valence-corrected chi connectivity index (χ4v) is 14.6. The summed E-state index contributed by atoms with van der Waals surface area (Å²) in [5.41, 5.74) is 0.964. The Bertz CT molecular complexity index is 741. The molecule has 0 fully saturated rings. The van der Waals surface area contributed by atoms with Crippen molar-refractivity contribution in [3.63, 3.8) is 0 Å². The van der Waals surface area contributed by atoms with E-state index in [2.05, 4.69) is 45.0 Å². The summed E-state index contributed by atoms with van der Waals surface area (Å²) in [5.74, 6) is 0.981. The SMILES string of the molecule is CCC[CH2][Sn]([CH2]CCC)[CH2]CCC.[Sn][c]1ccc(-c2cc3ccccc3o2)s1. The van der Waals surface area contributed by atoms with Crippen LogP contribution < -0.4 is 2.89 Å². The number of hydrogen-bond acceptors (Lipinski definition) is 2. The first-order valence-corrected chi connectivity index (χ1v) is 19.1. The predicted molar refractivity (Wildman–Crippen MR) is 130 cm³/mol. The first kappa shape index (κ1) is 24.3. The molecule has 3 aromatic rings. The van der Waals surface area contributed by atoms with Gasteiger partial charge in [-0.25, -0.2) is 0 Å². The molecule has 2 aromatic heterocycles. The van der Waals surface area contributed by atoms with E-state index < -0.39 is 19.8 Å². The van der Waals surface area contributed by atoms with E-state index in [1.54, 1.807) is 24.6 Å². The molecule has 0 aliphatic heterocycles. The maximum absolute atomic E-state index is 5.79. The maximum atomic E-state index is 5.79. The molecular formula is C24H34OSSn2. The van der Waals surface area contributed by atoms with E-state index in [4.69, 9.17) is 4.42 Å². The molecule has 3 rings (SSSR count). The van der Waals surface area contributed by atoms with Crippen molar-refractivity contribution >= 4 is 67.5 Å². The van der Waals surface area contributed by atoms with E-state index in [1.165, 1.54) is 74.2 Å². The van der Waals surface area contributed by atoms with Crippen LogP contribution >= 0.6 is 11.3 Å². The standard InChI is InChI=1S/C12H7OS.3C4H9.2Sn/c1-2-5-10-9(4-1)8-11(13-10)12-6-3-7-14-12;3*1-3-4-2;;/h1-6,8H;3*1,3-4H2,2H3;;. The zero-order valence-electron chi connectivity index (χ0n) is 17.7. The molecule has 2 heterocycles. The minimum atomic E-state index is -0.839. The number of para-hydroxylation sites is 1. The molecule has 0 bridgehead atoms. The molecule has 150 valence electrons. The van der Waals surface area contributed by atoms with Gasteiger partial charge in [-0.05, 0) is 0 Å². The Morgan fingerprint density at radius 3 is 1.96 bits per heavy atom. The molecule has 0 saturated heterocycles. The third kappa shape index (κ3) is 8.43. The van der Waals surface area contributed by atoms with Gasteiger partial charge in [0, 0.05) is 0 Å². The summed E-state index contributed by atoms with van der Waals surface area (Å²) >= 11 is 2.43. The number of fused-ring (bicyclic) bond motifs is 1. The summed E-state index contributed by atoms with van der Waals surface area (Å²) < 4.78 is 12.2. The van der Waals surface area contributed by atoms with Gasteiger partial charge in [-0.15, -0.1) is 0 Å². The molecule has 0 spiro atoms. The molecule has 0 atom stereocenters. The third-order valence-electron chi connectivity index (χ3n) is 4.93. The molecule has 0 N–H and O–H groups in total. The first-order valence-electron chi connectivity index (χ1n) is 10.8. The Balaban J connectivity index is 0.000000204. The Morgan fingerprint density at radius 1 is 0.857 bits per heavy atom. The average molecular weight is 608 g/mol. The van der Waals surface area contributed by atoms with Crippen molar-refractivity contribution in [2.75, 3.05) is 0 Å². The summed E-state index contributed by atoms with van der Waals surface area (Å²) in [4.78, 5) is 1.22. The minimum absolute atomic E-state index is 0.839. The van der Waals surface area contributed by atoms with Crippen molar-refractivity contribution in [1.82, 2.24) is 0 Å². The van der Waals surface area contributed by atoms with Crippen LogP contribution in [0.3, 0.4) is 0 Å². The van der Waals surface area contributed by atoms with Gasteiger partial charge in [0.2, 0.25) is 0 Å². The number of rotatable bonds is 10. The van der Waals surface area contributed by atoms with Crippen molar-refractivity contribution in [2.45, 2.75) is 72.6 Å². The van der Waals surface area contributed by atoms with Crippen LogP contribution in [0.5, 0.6) is 0 Å². The quantitative estimate of drug-likeness (QED) is 0.214. The Hall–Kier alpha value is 0.0574. The molecule has 0 unspecified atom stereocenters. The summed E-state index contributed by atoms with van der Waals surface area (Å²) in [6.45, 7) is 7.00. The molecular weight excluding hydrogens is 574 g/mol. The van der Waals surface area contributed by atoms with Crippen LogP contribution in [0.1, 0.15) is 59.3 Å². The van der Waals surface area contributed by atoms with Gasteiger partial charge in [-0.3, -0.25) is 0 Å². The molecule has 1 nitrogen and oxygen atoms in total. The van der Waals surface area contributed by atoms with Crippen LogP contribution in [0.25, 0.3) is 21.6 Å². The summed E-state index contributed by atoms with van der Waals surface area (Å²) in [6.07, 6.45) is 8.85.